The van der Waals surface area contributed by atoms with Crippen molar-refractivity contribution in [2.24, 2.45) is 5.10 Å². The largest absolute Gasteiger partial charge is 0.494 e. The van der Waals surface area contributed by atoms with Gasteiger partial charge in [-0.25, -0.2) is 5.43 Å². The highest BCUT2D eigenvalue weighted by Gasteiger charge is 2.17. The van der Waals surface area contributed by atoms with Crippen LogP contribution in [0.5, 0.6) is 5.75 Å². The fourth-order valence-electron chi connectivity index (χ4n) is 3.30. The van der Waals surface area contributed by atoms with Crippen LogP contribution in [0.1, 0.15) is 12.5 Å². The lowest BCUT2D eigenvalue weighted by atomic mass is 10.2. The molecule has 0 radical (unpaired) electrons. The first-order valence-electron chi connectivity index (χ1n) is 11.2. The summed E-state index contributed by atoms with van der Waals surface area (Å²) in [5.74, 6) is 1.35. The van der Waals surface area contributed by atoms with E-state index >= 15 is 0 Å². The van der Waals surface area contributed by atoms with Gasteiger partial charge in [-0.3, -0.25) is 9.36 Å². The number of nitrogens with one attached hydrogen (secondary N) is 1. The van der Waals surface area contributed by atoms with Gasteiger partial charge < -0.3 is 4.74 Å². The molecule has 182 valence electrons. The number of carbonyl (C=O) groups is 1. The number of ether oxygens (including phenoxy) is 1. The van der Waals surface area contributed by atoms with E-state index < -0.39 is 0 Å². The molecule has 1 amide bonds. The van der Waals surface area contributed by atoms with Crippen LogP contribution in [-0.2, 0) is 4.79 Å². The molecule has 0 bridgehead atoms. The minimum absolute atomic E-state index is 0.126. The highest BCUT2D eigenvalue weighted by atomic mass is 79.9. The number of carbonyl (C=O) groups excluding carboxylic acids is 1. The van der Waals surface area contributed by atoms with Gasteiger partial charge in [0, 0.05) is 15.7 Å². The van der Waals surface area contributed by atoms with E-state index in [1.165, 1.54) is 11.8 Å². The lowest BCUT2D eigenvalue weighted by Crippen LogP contribution is -2.19. The summed E-state index contributed by atoms with van der Waals surface area (Å²) >= 11 is 4.73. The summed E-state index contributed by atoms with van der Waals surface area (Å²) in [5.41, 5.74) is 5.38. The standard InChI is InChI=1S/C27H24BrN5O2S/c1-2-35-24-15-13-23(14-16-24)33-26(21-11-7-4-8-12-21)31-32-27(33)36-19-25(34)30-29-18-22(28)17-20-9-5-3-6-10-20/h3-18H,2,19H2,1H3,(H,30,34)/b22-17-,29-18-. The third-order valence-corrected chi connectivity index (χ3v) is 6.25. The number of aromatic nitrogens is 3. The monoisotopic (exact) mass is 561 g/mol. The first kappa shape index (κ1) is 25.4. The molecular formula is C27H24BrN5O2S. The number of benzene rings is 3. The van der Waals surface area contributed by atoms with E-state index in [1.807, 2.05) is 102 Å². The first-order chi connectivity index (χ1) is 17.6. The number of hydrazone groups is 1. The van der Waals surface area contributed by atoms with Gasteiger partial charge in [0.05, 0.1) is 18.6 Å². The fraction of sp³-hybridized carbons (Fsp3) is 0.111. The zero-order valence-electron chi connectivity index (χ0n) is 19.5. The molecule has 0 saturated carbocycles. The van der Waals surface area contributed by atoms with Gasteiger partial charge >= 0.3 is 0 Å². The number of hydrogen-bond acceptors (Lipinski definition) is 6. The van der Waals surface area contributed by atoms with Crippen LogP contribution < -0.4 is 10.2 Å². The molecule has 0 aliphatic carbocycles. The van der Waals surface area contributed by atoms with Crippen molar-refractivity contribution in [3.05, 3.63) is 95.0 Å². The van der Waals surface area contributed by atoms with E-state index in [2.05, 4.69) is 36.7 Å². The Kier molecular flexibility index (Phi) is 9.07. The number of thioether (sulfide) groups is 1. The maximum absolute atomic E-state index is 12.4. The van der Waals surface area contributed by atoms with Gasteiger partial charge in [0.15, 0.2) is 11.0 Å². The Morgan fingerprint density at radius 3 is 2.42 bits per heavy atom. The molecule has 4 rings (SSSR count). The number of nitrogens with zero attached hydrogens (tertiary/aromatic N) is 4. The molecule has 0 unspecified atom stereocenters. The van der Waals surface area contributed by atoms with Crippen LogP contribution in [0.4, 0.5) is 0 Å². The Balaban J connectivity index is 1.46. The lowest BCUT2D eigenvalue weighted by molar-refractivity contribution is -0.118. The summed E-state index contributed by atoms with van der Waals surface area (Å²) in [6.45, 7) is 2.54. The average Bonchev–Trinajstić information content (AvgIpc) is 3.33. The van der Waals surface area contributed by atoms with Crippen LogP contribution in [0.25, 0.3) is 23.2 Å². The normalized spacial score (nSPS) is 11.6. The first-order valence-corrected chi connectivity index (χ1v) is 13.0. The number of allylic oxidation sites excluding steroid dienone is 1. The molecular weight excluding hydrogens is 538 g/mol. The van der Waals surface area contributed by atoms with Gasteiger partial charge in [0.25, 0.3) is 5.91 Å². The van der Waals surface area contributed by atoms with E-state index in [4.69, 9.17) is 4.74 Å². The van der Waals surface area contributed by atoms with Crippen LogP contribution in [0.15, 0.2) is 99.7 Å². The molecule has 9 heteroatoms. The fourth-order valence-corrected chi connectivity index (χ4v) is 4.41. The zero-order chi connectivity index (χ0) is 25.2. The molecule has 1 aromatic heterocycles. The molecule has 3 aromatic carbocycles. The molecule has 0 fully saturated rings. The topological polar surface area (TPSA) is 81.4 Å². The van der Waals surface area contributed by atoms with Crippen molar-refractivity contribution in [3.8, 4) is 22.8 Å². The molecule has 0 aliphatic heterocycles. The van der Waals surface area contributed by atoms with Crippen LogP contribution in [0, 0.1) is 0 Å². The predicted molar refractivity (Wildman–Crippen MR) is 149 cm³/mol. The van der Waals surface area contributed by atoms with Crippen molar-refractivity contribution in [2.75, 3.05) is 12.4 Å². The highest BCUT2D eigenvalue weighted by molar-refractivity contribution is 9.12. The minimum Gasteiger partial charge on any atom is -0.494 e. The van der Waals surface area contributed by atoms with Gasteiger partial charge in [-0.1, -0.05) is 72.4 Å². The van der Waals surface area contributed by atoms with E-state index in [-0.39, 0.29) is 11.7 Å². The molecule has 0 aliphatic rings. The summed E-state index contributed by atoms with van der Waals surface area (Å²) in [6, 6.07) is 27.4. The van der Waals surface area contributed by atoms with Crippen molar-refractivity contribution in [1.29, 1.82) is 0 Å². The van der Waals surface area contributed by atoms with Gasteiger partial charge in [-0.2, -0.15) is 5.10 Å². The molecule has 0 atom stereocenters. The van der Waals surface area contributed by atoms with Crippen LogP contribution in [0.2, 0.25) is 0 Å². The van der Waals surface area contributed by atoms with Gasteiger partial charge in [-0.05, 0) is 58.8 Å². The highest BCUT2D eigenvalue weighted by Crippen LogP contribution is 2.28. The number of hydrogen-bond donors (Lipinski definition) is 1. The Bertz CT molecular complexity index is 1340. The maximum Gasteiger partial charge on any atom is 0.250 e. The van der Waals surface area contributed by atoms with E-state index in [0.29, 0.717) is 17.6 Å². The Morgan fingerprint density at radius 1 is 1.03 bits per heavy atom. The quantitative estimate of drug-likeness (QED) is 0.147. The van der Waals surface area contributed by atoms with Crippen molar-refractivity contribution in [1.82, 2.24) is 20.2 Å². The second kappa shape index (κ2) is 12.9. The molecule has 7 nitrogen and oxygen atoms in total. The van der Waals surface area contributed by atoms with Crippen LogP contribution >= 0.6 is 27.7 Å². The summed E-state index contributed by atoms with van der Waals surface area (Å²) < 4.78 is 8.25. The maximum atomic E-state index is 12.4. The Labute approximate surface area is 222 Å². The summed E-state index contributed by atoms with van der Waals surface area (Å²) in [6.07, 6.45) is 3.46. The van der Waals surface area contributed by atoms with Crippen molar-refractivity contribution in [3.63, 3.8) is 0 Å². The molecule has 0 saturated heterocycles. The minimum atomic E-state index is -0.251. The van der Waals surface area contributed by atoms with E-state index in [0.717, 1.165) is 27.0 Å². The SMILES string of the molecule is CCOc1ccc(-n2c(SCC(=O)N/N=C\C(Br)=C\c3ccccc3)nnc2-c2ccccc2)cc1. The Hall–Kier alpha value is -3.69. The second-order valence-electron chi connectivity index (χ2n) is 7.46. The van der Waals surface area contributed by atoms with Crippen molar-refractivity contribution in [2.45, 2.75) is 12.1 Å². The number of halogens is 1. The third-order valence-electron chi connectivity index (χ3n) is 4.88. The lowest BCUT2D eigenvalue weighted by Gasteiger charge is -2.11. The van der Waals surface area contributed by atoms with Gasteiger partial charge in [0.1, 0.15) is 5.75 Å². The van der Waals surface area contributed by atoms with Gasteiger partial charge in [0.2, 0.25) is 0 Å². The molecule has 36 heavy (non-hydrogen) atoms. The summed E-state index contributed by atoms with van der Waals surface area (Å²) in [5, 5.41) is 13.4. The second-order valence-corrected chi connectivity index (χ2v) is 9.31. The molecule has 4 aromatic rings. The Morgan fingerprint density at radius 2 is 1.72 bits per heavy atom. The third kappa shape index (κ3) is 6.93. The average molecular weight is 562 g/mol. The molecule has 1 N–H and O–H groups in total. The van der Waals surface area contributed by atoms with Crippen molar-refractivity contribution >= 4 is 45.9 Å². The van der Waals surface area contributed by atoms with Crippen LogP contribution in [0.3, 0.4) is 0 Å². The van der Waals surface area contributed by atoms with E-state index in [1.54, 1.807) is 6.21 Å². The van der Waals surface area contributed by atoms with Crippen LogP contribution in [-0.4, -0.2) is 39.2 Å². The van der Waals surface area contributed by atoms with Crippen molar-refractivity contribution < 1.29 is 9.53 Å². The molecule has 1 heterocycles. The van der Waals surface area contributed by atoms with E-state index in [9.17, 15) is 4.79 Å². The zero-order valence-corrected chi connectivity index (χ0v) is 21.9. The number of amides is 1. The smallest absolute Gasteiger partial charge is 0.250 e. The predicted octanol–water partition coefficient (Wildman–Crippen LogP) is 5.96. The summed E-state index contributed by atoms with van der Waals surface area (Å²) in [7, 11) is 0. The number of rotatable bonds is 10. The summed E-state index contributed by atoms with van der Waals surface area (Å²) in [4.78, 5) is 12.4. The van der Waals surface area contributed by atoms with Gasteiger partial charge in [-0.15, -0.1) is 10.2 Å². The molecule has 0 spiro atoms.